The molecule has 1 aliphatic heterocycles. The predicted molar refractivity (Wildman–Crippen MR) is 144 cm³/mol. The maximum atomic E-state index is 13.6. The van der Waals surface area contributed by atoms with E-state index in [1.165, 1.54) is 0 Å². The molecule has 6 heteroatoms. The zero-order valence-corrected chi connectivity index (χ0v) is 21.7. The molecule has 0 bridgehead atoms. The summed E-state index contributed by atoms with van der Waals surface area (Å²) in [6.45, 7) is 2.38. The molecule has 194 valence electrons. The van der Waals surface area contributed by atoms with E-state index in [4.69, 9.17) is 14.2 Å². The van der Waals surface area contributed by atoms with Gasteiger partial charge >= 0.3 is 5.97 Å². The summed E-state index contributed by atoms with van der Waals surface area (Å²) >= 11 is 0. The van der Waals surface area contributed by atoms with Crippen LogP contribution >= 0.6 is 0 Å². The van der Waals surface area contributed by atoms with E-state index in [0.29, 0.717) is 41.4 Å². The van der Waals surface area contributed by atoms with Crippen molar-refractivity contribution < 1.29 is 23.8 Å². The predicted octanol–water partition coefficient (Wildman–Crippen LogP) is 5.99. The Morgan fingerprint density at radius 3 is 2.26 bits per heavy atom. The van der Waals surface area contributed by atoms with E-state index in [9.17, 15) is 9.59 Å². The number of benzene rings is 3. The van der Waals surface area contributed by atoms with Crippen molar-refractivity contribution in [2.24, 2.45) is 0 Å². The lowest BCUT2D eigenvalue weighted by Crippen LogP contribution is -2.34. The molecule has 0 spiro atoms. The molecule has 0 saturated carbocycles. The number of carbonyl (C=O) groups excluding carboxylic acids is 2. The summed E-state index contributed by atoms with van der Waals surface area (Å²) in [6.07, 6.45) is 2.00. The quantitative estimate of drug-likeness (QED) is 0.376. The lowest BCUT2D eigenvalue weighted by atomic mass is 9.75. The summed E-state index contributed by atoms with van der Waals surface area (Å²) in [5, 5.41) is 3.34. The van der Waals surface area contributed by atoms with Crippen molar-refractivity contribution in [2.75, 3.05) is 7.11 Å². The number of methoxy groups -OCH3 is 1. The Bertz CT molecular complexity index is 1390. The van der Waals surface area contributed by atoms with Gasteiger partial charge in [0.05, 0.1) is 12.7 Å². The van der Waals surface area contributed by atoms with Crippen molar-refractivity contribution >= 4 is 11.8 Å². The van der Waals surface area contributed by atoms with Gasteiger partial charge < -0.3 is 19.5 Å². The smallest absolute Gasteiger partial charge is 0.337 e. The maximum Gasteiger partial charge on any atom is 0.337 e. The summed E-state index contributed by atoms with van der Waals surface area (Å²) in [6, 6.07) is 25.0. The Morgan fingerprint density at radius 1 is 0.895 bits per heavy atom. The van der Waals surface area contributed by atoms with Crippen LogP contribution in [0.15, 0.2) is 101 Å². The summed E-state index contributed by atoms with van der Waals surface area (Å²) in [5.41, 5.74) is 5.35. The summed E-state index contributed by atoms with van der Waals surface area (Å²) in [4.78, 5) is 26.8. The van der Waals surface area contributed by atoms with Crippen molar-refractivity contribution in [1.82, 2.24) is 5.32 Å². The zero-order valence-electron chi connectivity index (χ0n) is 21.7. The number of allylic oxidation sites excluding steroid dienone is 3. The molecule has 2 aliphatic rings. The normalized spacial score (nSPS) is 17.0. The molecule has 1 N–H and O–H groups in total. The number of esters is 1. The van der Waals surface area contributed by atoms with Crippen LogP contribution in [-0.2, 0) is 27.5 Å². The fraction of sp³-hybridized carbons (Fsp3) is 0.250. The number of hydrogen-bond acceptors (Lipinski definition) is 6. The summed E-state index contributed by atoms with van der Waals surface area (Å²) in [7, 11) is 1.59. The van der Waals surface area contributed by atoms with Crippen LogP contribution in [0.25, 0.3) is 0 Å². The van der Waals surface area contributed by atoms with E-state index in [1.54, 1.807) is 7.11 Å². The number of dihydropyridines is 1. The lowest BCUT2D eigenvalue weighted by molar-refractivity contribution is -0.140. The Morgan fingerprint density at radius 2 is 1.58 bits per heavy atom. The van der Waals surface area contributed by atoms with Crippen LogP contribution in [0.1, 0.15) is 48.8 Å². The van der Waals surface area contributed by atoms with Crippen molar-refractivity contribution in [3.63, 3.8) is 0 Å². The fourth-order valence-corrected chi connectivity index (χ4v) is 5.11. The summed E-state index contributed by atoms with van der Waals surface area (Å²) < 4.78 is 17.5. The molecule has 3 aromatic carbocycles. The van der Waals surface area contributed by atoms with Gasteiger partial charge in [0, 0.05) is 29.3 Å². The Labute approximate surface area is 222 Å². The van der Waals surface area contributed by atoms with Gasteiger partial charge in [0.1, 0.15) is 13.2 Å². The standard InChI is InChI=1S/C32H31NO5/c1-21-29(32(35)38-20-23-12-7-4-8-13-23)30(31-25(33-21)14-9-15-26(31)34)24-16-17-27(36-2)28(18-24)37-19-22-10-5-3-6-11-22/h3-8,10-13,16-18,30,33H,9,14-15,19-20H2,1-2H3. The first-order chi connectivity index (χ1) is 18.5. The van der Waals surface area contributed by atoms with Crippen LogP contribution in [0.3, 0.4) is 0 Å². The number of ether oxygens (including phenoxy) is 3. The molecular formula is C32H31NO5. The molecular weight excluding hydrogens is 478 g/mol. The Kier molecular flexibility index (Phi) is 7.59. The van der Waals surface area contributed by atoms with E-state index in [2.05, 4.69) is 5.32 Å². The first-order valence-corrected chi connectivity index (χ1v) is 12.8. The van der Waals surface area contributed by atoms with Crippen molar-refractivity contribution in [3.8, 4) is 11.5 Å². The molecule has 6 nitrogen and oxygen atoms in total. The highest BCUT2D eigenvalue weighted by atomic mass is 16.5. The third kappa shape index (κ3) is 5.35. The van der Waals surface area contributed by atoms with E-state index in [1.807, 2.05) is 85.8 Å². The van der Waals surface area contributed by atoms with Crippen LogP contribution in [0.5, 0.6) is 11.5 Å². The van der Waals surface area contributed by atoms with E-state index >= 15 is 0 Å². The van der Waals surface area contributed by atoms with Crippen molar-refractivity contribution in [1.29, 1.82) is 0 Å². The minimum atomic E-state index is -0.563. The van der Waals surface area contributed by atoms with E-state index in [-0.39, 0.29) is 12.4 Å². The van der Waals surface area contributed by atoms with Gasteiger partial charge in [0.15, 0.2) is 17.3 Å². The second-order valence-corrected chi connectivity index (χ2v) is 9.51. The summed E-state index contributed by atoms with van der Waals surface area (Å²) in [5.74, 6) is 0.167. The number of ketones is 1. The second-order valence-electron chi connectivity index (χ2n) is 9.51. The molecule has 5 rings (SSSR count). The molecule has 1 aliphatic carbocycles. The number of hydrogen-bond donors (Lipinski definition) is 1. The molecule has 0 radical (unpaired) electrons. The SMILES string of the molecule is COc1ccc(C2C(C(=O)OCc3ccccc3)=C(C)NC3=C2C(=O)CCC3)cc1OCc1ccccc1. The van der Waals surface area contributed by atoms with E-state index in [0.717, 1.165) is 35.2 Å². The highest BCUT2D eigenvalue weighted by molar-refractivity contribution is 6.03. The van der Waals surface area contributed by atoms with Gasteiger partial charge in [-0.3, -0.25) is 4.79 Å². The van der Waals surface area contributed by atoms with Crippen molar-refractivity contribution in [3.05, 3.63) is 118 Å². The minimum Gasteiger partial charge on any atom is -0.493 e. The first-order valence-electron chi connectivity index (χ1n) is 12.8. The molecule has 0 amide bonds. The van der Waals surface area contributed by atoms with Gasteiger partial charge in [-0.2, -0.15) is 0 Å². The van der Waals surface area contributed by atoms with Gasteiger partial charge in [-0.25, -0.2) is 4.79 Å². The molecule has 1 atom stereocenters. The van der Waals surface area contributed by atoms with Gasteiger partial charge in [0.25, 0.3) is 0 Å². The second kappa shape index (κ2) is 11.4. The maximum absolute atomic E-state index is 13.6. The monoisotopic (exact) mass is 509 g/mol. The number of Topliss-reactive ketones (excluding diaryl/α,β-unsaturated/α-hetero) is 1. The minimum absolute atomic E-state index is 0.0483. The van der Waals surface area contributed by atoms with Crippen LogP contribution < -0.4 is 14.8 Å². The third-order valence-electron chi connectivity index (χ3n) is 6.97. The number of nitrogens with one attached hydrogen (secondary N) is 1. The highest BCUT2D eigenvalue weighted by Crippen LogP contribution is 2.44. The largest absolute Gasteiger partial charge is 0.493 e. The zero-order chi connectivity index (χ0) is 26.5. The van der Waals surface area contributed by atoms with Gasteiger partial charge in [0.2, 0.25) is 0 Å². The van der Waals surface area contributed by atoms with Crippen LogP contribution in [0.2, 0.25) is 0 Å². The molecule has 0 aromatic heterocycles. The molecule has 0 saturated heterocycles. The molecule has 38 heavy (non-hydrogen) atoms. The van der Waals surface area contributed by atoms with Gasteiger partial charge in [-0.15, -0.1) is 0 Å². The average Bonchev–Trinajstić information content (AvgIpc) is 2.95. The Hall–Kier alpha value is -4.32. The fourth-order valence-electron chi connectivity index (χ4n) is 5.11. The van der Waals surface area contributed by atoms with Crippen molar-refractivity contribution in [2.45, 2.75) is 45.3 Å². The molecule has 0 fully saturated rings. The molecule has 3 aromatic rings. The molecule has 1 unspecified atom stereocenters. The Balaban J connectivity index is 1.51. The number of carbonyl (C=O) groups is 2. The third-order valence-corrected chi connectivity index (χ3v) is 6.97. The first kappa shape index (κ1) is 25.3. The highest BCUT2D eigenvalue weighted by Gasteiger charge is 2.39. The topological polar surface area (TPSA) is 73.9 Å². The average molecular weight is 510 g/mol. The van der Waals surface area contributed by atoms with Crippen LogP contribution in [-0.4, -0.2) is 18.9 Å². The van der Waals surface area contributed by atoms with Gasteiger partial charge in [-0.05, 0) is 48.6 Å². The molecule has 1 heterocycles. The lowest BCUT2D eigenvalue weighted by Gasteiger charge is -2.34. The van der Waals surface area contributed by atoms with Crippen LogP contribution in [0.4, 0.5) is 0 Å². The number of rotatable bonds is 8. The van der Waals surface area contributed by atoms with Gasteiger partial charge in [-0.1, -0.05) is 66.7 Å². The van der Waals surface area contributed by atoms with Crippen LogP contribution in [0, 0.1) is 0 Å². The van der Waals surface area contributed by atoms with E-state index < -0.39 is 11.9 Å².